The van der Waals surface area contributed by atoms with Crippen molar-refractivity contribution in [2.45, 2.75) is 12.8 Å². The molecule has 0 aliphatic heterocycles. The average molecular weight is 240 g/mol. The monoisotopic (exact) mass is 240 g/mol. The zero-order valence-corrected chi connectivity index (χ0v) is 10.0. The second kappa shape index (κ2) is 9.59. The van der Waals surface area contributed by atoms with Crippen LogP contribution in [0.2, 0.25) is 0 Å². The van der Waals surface area contributed by atoms with Crippen molar-refractivity contribution in [3.8, 4) is 0 Å². The van der Waals surface area contributed by atoms with Gasteiger partial charge >= 0.3 is 5.97 Å². The fourth-order valence-corrected chi connectivity index (χ4v) is 1.26. The lowest BCUT2D eigenvalue weighted by molar-refractivity contribution is -0.137. The van der Waals surface area contributed by atoms with E-state index < -0.39 is 5.97 Å². The van der Waals surface area contributed by atoms with E-state index in [4.69, 9.17) is 5.11 Å². The highest BCUT2D eigenvalue weighted by atomic mass is 16.4. The third kappa shape index (κ3) is 8.21. The highest BCUT2D eigenvalue weighted by Gasteiger charge is 2.09. The largest absolute Gasteiger partial charge is 0.481 e. The van der Waals surface area contributed by atoms with Gasteiger partial charge in [-0.1, -0.05) is 12.2 Å². The van der Waals surface area contributed by atoms with Crippen LogP contribution in [0.4, 0.5) is 0 Å². The summed E-state index contributed by atoms with van der Waals surface area (Å²) in [5.41, 5.74) is 0. The number of nitrogens with one attached hydrogen (secondary N) is 1. The van der Waals surface area contributed by atoms with Crippen LogP contribution < -0.4 is 5.32 Å². The molecular weight excluding hydrogens is 220 g/mol. The molecule has 1 amide bonds. The van der Waals surface area contributed by atoms with E-state index in [1.807, 2.05) is 0 Å². The van der Waals surface area contributed by atoms with Crippen molar-refractivity contribution in [3.63, 3.8) is 0 Å². The fourth-order valence-electron chi connectivity index (χ4n) is 1.26. The lowest BCUT2D eigenvalue weighted by Crippen LogP contribution is -2.38. The van der Waals surface area contributed by atoms with Gasteiger partial charge in [0.1, 0.15) is 0 Å². The highest BCUT2D eigenvalue weighted by Crippen LogP contribution is 1.91. The first-order valence-corrected chi connectivity index (χ1v) is 5.54. The molecule has 96 valence electrons. The van der Waals surface area contributed by atoms with Gasteiger partial charge in [0.25, 0.3) is 0 Å². The molecule has 0 fully saturated rings. The van der Waals surface area contributed by atoms with Crippen LogP contribution in [-0.4, -0.2) is 48.1 Å². The predicted octanol–water partition coefficient (Wildman–Crippen LogP) is 0.641. The number of hydrogen-bond donors (Lipinski definition) is 2. The molecule has 0 aliphatic rings. The Bertz CT molecular complexity index is 267. The van der Waals surface area contributed by atoms with Crippen molar-refractivity contribution >= 4 is 11.9 Å². The first-order chi connectivity index (χ1) is 8.11. The maximum Gasteiger partial charge on any atom is 0.303 e. The third-order valence-corrected chi connectivity index (χ3v) is 2.07. The summed E-state index contributed by atoms with van der Waals surface area (Å²) in [5, 5.41) is 11.3. The van der Waals surface area contributed by atoms with E-state index in [9.17, 15) is 9.59 Å². The Morgan fingerprint density at radius 3 is 2.29 bits per heavy atom. The molecule has 0 aromatic heterocycles. The Kier molecular flexibility index (Phi) is 8.68. The maximum atomic E-state index is 11.7. The van der Waals surface area contributed by atoms with Crippen LogP contribution in [0.1, 0.15) is 12.8 Å². The molecular formula is C12H20N2O3. The van der Waals surface area contributed by atoms with E-state index >= 15 is 0 Å². The predicted molar refractivity (Wildman–Crippen MR) is 66.7 cm³/mol. The van der Waals surface area contributed by atoms with E-state index in [-0.39, 0.29) is 18.9 Å². The molecule has 5 heteroatoms. The van der Waals surface area contributed by atoms with Gasteiger partial charge in [0, 0.05) is 19.5 Å². The van der Waals surface area contributed by atoms with Gasteiger partial charge in [0.15, 0.2) is 0 Å². The van der Waals surface area contributed by atoms with E-state index in [0.29, 0.717) is 26.1 Å². The second-order valence-corrected chi connectivity index (χ2v) is 3.55. The van der Waals surface area contributed by atoms with Crippen LogP contribution in [-0.2, 0) is 9.59 Å². The van der Waals surface area contributed by atoms with Crippen molar-refractivity contribution in [2.24, 2.45) is 0 Å². The number of hydrogen-bond acceptors (Lipinski definition) is 3. The first kappa shape index (κ1) is 15.4. The van der Waals surface area contributed by atoms with E-state index in [2.05, 4.69) is 18.5 Å². The number of nitrogens with zero attached hydrogens (tertiary/aromatic N) is 1. The summed E-state index contributed by atoms with van der Waals surface area (Å²) in [4.78, 5) is 23.5. The minimum atomic E-state index is -0.821. The smallest absolute Gasteiger partial charge is 0.303 e. The molecule has 0 aromatic carbocycles. The van der Waals surface area contributed by atoms with Crippen LogP contribution >= 0.6 is 0 Å². The number of carboxylic acid groups (broad SMARTS) is 1. The van der Waals surface area contributed by atoms with Gasteiger partial charge in [-0.15, -0.1) is 13.2 Å². The van der Waals surface area contributed by atoms with Crippen molar-refractivity contribution in [1.29, 1.82) is 0 Å². The van der Waals surface area contributed by atoms with E-state index in [0.717, 1.165) is 0 Å². The fraction of sp³-hybridized carbons (Fsp3) is 0.500. The summed E-state index contributed by atoms with van der Waals surface area (Å²) in [6.45, 7) is 8.87. The minimum Gasteiger partial charge on any atom is -0.481 e. The Balaban J connectivity index is 3.77. The molecule has 0 spiro atoms. The number of aliphatic carboxylic acids is 1. The zero-order valence-electron chi connectivity index (χ0n) is 10.0. The SMILES string of the molecule is C=CCN(CC=C)C(=O)CNCCCC(=O)O. The van der Waals surface area contributed by atoms with E-state index in [1.165, 1.54) is 0 Å². The quantitative estimate of drug-likeness (QED) is 0.434. The van der Waals surface area contributed by atoms with Gasteiger partial charge in [-0.2, -0.15) is 0 Å². The molecule has 0 saturated heterocycles. The number of carboxylic acids is 1. The summed E-state index contributed by atoms with van der Waals surface area (Å²) in [5.74, 6) is -0.863. The summed E-state index contributed by atoms with van der Waals surface area (Å²) in [6.07, 6.45) is 3.95. The molecule has 0 radical (unpaired) electrons. The number of carbonyl (C=O) groups excluding carboxylic acids is 1. The number of amides is 1. The number of rotatable bonds is 10. The molecule has 2 N–H and O–H groups in total. The molecule has 0 bridgehead atoms. The summed E-state index contributed by atoms with van der Waals surface area (Å²) < 4.78 is 0. The Hall–Kier alpha value is -1.62. The van der Waals surface area contributed by atoms with Crippen LogP contribution in [0.3, 0.4) is 0 Å². The Labute approximate surface area is 102 Å². The van der Waals surface area contributed by atoms with Gasteiger partial charge in [-0.3, -0.25) is 9.59 Å². The van der Waals surface area contributed by atoms with Gasteiger partial charge in [0.05, 0.1) is 6.54 Å². The molecule has 5 nitrogen and oxygen atoms in total. The number of carbonyl (C=O) groups is 2. The molecule has 0 saturated carbocycles. The summed E-state index contributed by atoms with van der Waals surface area (Å²) >= 11 is 0. The average Bonchev–Trinajstić information content (AvgIpc) is 2.27. The topological polar surface area (TPSA) is 69.6 Å². The molecule has 17 heavy (non-hydrogen) atoms. The third-order valence-electron chi connectivity index (χ3n) is 2.07. The van der Waals surface area contributed by atoms with Crippen molar-refractivity contribution in [3.05, 3.63) is 25.3 Å². The lowest BCUT2D eigenvalue weighted by atomic mass is 10.3. The van der Waals surface area contributed by atoms with Crippen molar-refractivity contribution in [1.82, 2.24) is 10.2 Å². The van der Waals surface area contributed by atoms with Crippen LogP contribution in [0.25, 0.3) is 0 Å². The zero-order chi connectivity index (χ0) is 13.1. The highest BCUT2D eigenvalue weighted by molar-refractivity contribution is 5.78. The van der Waals surface area contributed by atoms with Gasteiger partial charge in [-0.05, 0) is 13.0 Å². The second-order valence-electron chi connectivity index (χ2n) is 3.55. The summed E-state index contributed by atoms with van der Waals surface area (Å²) in [7, 11) is 0. The van der Waals surface area contributed by atoms with Crippen LogP contribution in [0, 0.1) is 0 Å². The molecule has 0 atom stereocenters. The molecule has 0 rings (SSSR count). The maximum absolute atomic E-state index is 11.7. The van der Waals surface area contributed by atoms with Crippen molar-refractivity contribution in [2.75, 3.05) is 26.2 Å². The Morgan fingerprint density at radius 1 is 1.24 bits per heavy atom. The van der Waals surface area contributed by atoms with Gasteiger partial charge in [0.2, 0.25) is 5.91 Å². The minimum absolute atomic E-state index is 0.0416. The normalized spacial score (nSPS) is 9.65. The van der Waals surface area contributed by atoms with Crippen LogP contribution in [0.5, 0.6) is 0 Å². The van der Waals surface area contributed by atoms with Crippen molar-refractivity contribution < 1.29 is 14.7 Å². The molecule has 0 aromatic rings. The summed E-state index contributed by atoms with van der Waals surface area (Å²) in [6, 6.07) is 0. The van der Waals surface area contributed by atoms with E-state index in [1.54, 1.807) is 17.1 Å². The first-order valence-electron chi connectivity index (χ1n) is 5.54. The van der Waals surface area contributed by atoms with Crippen LogP contribution in [0.15, 0.2) is 25.3 Å². The Morgan fingerprint density at radius 2 is 1.82 bits per heavy atom. The van der Waals surface area contributed by atoms with Gasteiger partial charge in [-0.25, -0.2) is 0 Å². The van der Waals surface area contributed by atoms with Gasteiger partial charge < -0.3 is 15.3 Å². The lowest BCUT2D eigenvalue weighted by Gasteiger charge is -2.19. The standard InChI is InChI=1S/C12H20N2O3/c1-3-8-14(9-4-2)11(15)10-13-7-5-6-12(16)17/h3-4,13H,1-2,5-10H2,(H,16,17). The molecule has 0 aliphatic carbocycles. The molecule has 0 unspecified atom stereocenters. The molecule has 0 heterocycles.